The second-order valence-corrected chi connectivity index (χ2v) is 4.61. The van der Waals surface area contributed by atoms with E-state index in [0.29, 0.717) is 18.1 Å². The van der Waals surface area contributed by atoms with Crippen molar-refractivity contribution in [3.63, 3.8) is 0 Å². The highest BCUT2D eigenvalue weighted by Gasteiger charge is 2.29. The molecule has 4 nitrogen and oxygen atoms in total. The minimum atomic E-state index is -0.348. The van der Waals surface area contributed by atoms with Crippen molar-refractivity contribution in [3.8, 4) is 11.5 Å². The van der Waals surface area contributed by atoms with E-state index in [4.69, 9.17) is 15.3 Å². The highest BCUT2D eigenvalue weighted by molar-refractivity contribution is 5.41. The Bertz CT molecular complexity index is 606. The minimum Gasteiger partial charge on any atom is -0.486 e. The summed E-state index contributed by atoms with van der Waals surface area (Å²) in [7, 11) is 0. The number of hydrogen-bond acceptors (Lipinski definition) is 4. The molecule has 0 saturated heterocycles. The molecular formula is C15H15FN2O2. The van der Waals surface area contributed by atoms with Crippen LogP contribution in [0.15, 0.2) is 48.5 Å². The van der Waals surface area contributed by atoms with Gasteiger partial charge in [-0.25, -0.2) is 9.82 Å². The van der Waals surface area contributed by atoms with Crippen molar-refractivity contribution < 1.29 is 13.9 Å². The van der Waals surface area contributed by atoms with Crippen molar-refractivity contribution in [2.75, 3.05) is 6.61 Å². The lowest BCUT2D eigenvalue weighted by molar-refractivity contribution is 0.0616. The van der Waals surface area contributed by atoms with Gasteiger partial charge < -0.3 is 9.47 Å². The lowest BCUT2D eigenvalue weighted by Gasteiger charge is -2.32. The van der Waals surface area contributed by atoms with Gasteiger partial charge in [0.25, 0.3) is 0 Å². The molecule has 5 heteroatoms. The summed E-state index contributed by atoms with van der Waals surface area (Å²) in [4.78, 5) is 0. The zero-order chi connectivity index (χ0) is 13.9. The van der Waals surface area contributed by atoms with E-state index in [2.05, 4.69) is 5.43 Å². The molecule has 3 rings (SSSR count). The van der Waals surface area contributed by atoms with Crippen molar-refractivity contribution in [1.82, 2.24) is 5.43 Å². The van der Waals surface area contributed by atoms with Crippen LogP contribution in [0.1, 0.15) is 11.6 Å². The molecule has 1 heterocycles. The summed E-state index contributed by atoms with van der Waals surface area (Å²) in [6.45, 7) is 0.350. The Hall–Kier alpha value is -2.11. The smallest absolute Gasteiger partial charge is 0.161 e. The summed E-state index contributed by atoms with van der Waals surface area (Å²) in [5, 5.41) is 0. The molecule has 0 spiro atoms. The van der Waals surface area contributed by atoms with Gasteiger partial charge >= 0.3 is 0 Å². The predicted octanol–water partition coefficient (Wildman–Crippen LogP) is 2.17. The SMILES string of the molecule is NNC(c1cccc(F)c1)C1COc2ccccc2O1. The van der Waals surface area contributed by atoms with Crippen LogP contribution in [0.5, 0.6) is 11.5 Å². The molecule has 2 atom stereocenters. The Morgan fingerprint density at radius 1 is 1.15 bits per heavy atom. The molecule has 0 fully saturated rings. The third-order valence-electron chi connectivity index (χ3n) is 3.29. The van der Waals surface area contributed by atoms with Crippen molar-refractivity contribution in [3.05, 3.63) is 59.9 Å². The normalized spacial score (nSPS) is 18.6. The minimum absolute atomic E-state index is 0.306. The second-order valence-electron chi connectivity index (χ2n) is 4.61. The fraction of sp³-hybridized carbons (Fsp3) is 0.200. The second kappa shape index (κ2) is 5.48. The predicted molar refractivity (Wildman–Crippen MR) is 72.8 cm³/mol. The first kappa shape index (κ1) is 12.9. The van der Waals surface area contributed by atoms with Gasteiger partial charge in [-0.15, -0.1) is 0 Å². The maximum atomic E-state index is 13.3. The van der Waals surface area contributed by atoms with Gasteiger partial charge in [0, 0.05) is 0 Å². The zero-order valence-corrected chi connectivity index (χ0v) is 10.8. The van der Waals surface area contributed by atoms with E-state index in [1.807, 2.05) is 24.3 Å². The molecule has 20 heavy (non-hydrogen) atoms. The van der Waals surface area contributed by atoms with Crippen LogP contribution in [-0.4, -0.2) is 12.7 Å². The Morgan fingerprint density at radius 3 is 2.70 bits per heavy atom. The number of para-hydroxylation sites is 2. The summed E-state index contributed by atoms with van der Waals surface area (Å²) in [6, 6.07) is 13.4. The molecule has 2 aromatic rings. The van der Waals surface area contributed by atoms with E-state index in [1.54, 1.807) is 12.1 Å². The number of fused-ring (bicyclic) bond motifs is 1. The molecule has 0 bridgehead atoms. The number of rotatable bonds is 3. The Labute approximate surface area is 116 Å². The Morgan fingerprint density at radius 2 is 1.95 bits per heavy atom. The first-order valence-corrected chi connectivity index (χ1v) is 6.38. The fourth-order valence-electron chi connectivity index (χ4n) is 2.32. The van der Waals surface area contributed by atoms with Gasteiger partial charge in [-0.3, -0.25) is 5.84 Å². The van der Waals surface area contributed by atoms with E-state index >= 15 is 0 Å². The maximum absolute atomic E-state index is 13.3. The lowest BCUT2D eigenvalue weighted by atomic mass is 10.0. The van der Waals surface area contributed by atoms with Crippen LogP contribution in [-0.2, 0) is 0 Å². The molecule has 0 amide bonds. The van der Waals surface area contributed by atoms with E-state index < -0.39 is 0 Å². The van der Waals surface area contributed by atoms with Crippen molar-refractivity contribution in [2.45, 2.75) is 12.1 Å². The summed E-state index contributed by atoms with van der Waals surface area (Å²) in [5.74, 6) is 6.67. The third-order valence-corrected chi connectivity index (χ3v) is 3.29. The van der Waals surface area contributed by atoms with Crippen LogP contribution in [0.3, 0.4) is 0 Å². The van der Waals surface area contributed by atoms with Crippen molar-refractivity contribution in [2.24, 2.45) is 5.84 Å². The zero-order valence-electron chi connectivity index (χ0n) is 10.8. The number of nitrogens with one attached hydrogen (secondary N) is 1. The van der Waals surface area contributed by atoms with E-state index in [1.165, 1.54) is 12.1 Å². The number of hydrazine groups is 1. The van der Waals surface area contributed by atoms with Gasteiger partial charge in [0.2, 0.25) is 0 Å². The maximum Gasteiger partial charge on any atom is 0.161 e. The molecule has 2 aromatic carbocycles. The van der Waals surface area contributed by atoms with E-state index in [-0.39, 0.29) is 18.0 Å². The summed E-state index contributed by atoms with van der Waals surface area (Å²) in [6.07, 6.45) is -0.323. The van der Waals surface area contributed by atoms with Gasteiger partial charge in [-0.05, 0) is 29.8 Å². The molecule has 1 aliphatic rings. The Kier molecular flexibility index (Phi) is 3.54. The molecule has 3 N–H and O–H groups in total. The van der Waals surface area contributed by atoms with E-state index in [0.717, 1.165) is 5.56 Å². The van der Waals surface area contributed by atoms with Crippen molar-refractivity contribution >= 4 is 0 Å². The summed E-state index contributed by atoms with van der Waals surface area (Å²) in [5.41, 5.74) is 3.40. The number of nitrogens with two attached hydrogens (primary N) is 1. The molecular weight excluding hydrogens is 259 g/mol. The molecule has 0 aromatic heterocycles. The van der Waals surface area contributed by atoms with Gasteiger partial charge in [-0.1, -0.05) is 24.3 Å². The topological polar surface area (TPSA) is 56.5 Å². The number of ether oxygens (including phenoxy) is 2. The monoisotopic (exact) mass is 274 g/mol. The average molecular weight is 274 g/mol. The van der Waals surface area contributed by atoms with Gasteiger partial charge in [-0.2, -0.15) is 0 Å². The molecule has 0 aliphatic carbocycles. The lowest BCUT2D eigenvalue weighted by Crippen LogP contribution is -2.44. The van der Waals surface area contributed by atoms with Crippen LogP contribution < -0.4 is 20.7 Å². The van der Waals surface area contributed by atoms with Crippen LogP contribution >= 0.6 is 0 Å². The van der Waals surface area contributed by atoms with E-state index in [9.17, 15) is 4.39 Å². The highest BCUT2D eigenvalue weighted by Crippen LogP contribution is 2.34. The molecule has 0 saturated carbocycles. The molecule has 0 radical (unpaired) electrons. The first-order chi connectivity index (χ1) is 9.78. The average Bonchev–Trinajstić information content (AvgIpc) is 2.48. The Balaban J connectivity index is 1.85. The van der Waals surface area contributed by atoms with Crippen LogP contribution in [0, 0.1) is 5.82 Å². The van der Waals surface area contributed by atoms with Crippen molar-refractivity contribution in [1.29, 1.82) is 0 Å². The molecule has 2 unspecified atom stereocenters. The van der Waals surface area contributed by atoms with Gasteiger partial charge in [0.05, 0.1) is 6.04 Å². The highest BCUT2D eigenvalue weighted by atomic mass is 19.1. The molecule has 104 valence electrons. The third kappa shape index (κ3) is 2.45. The number of hydrogen-bond donors (Lipinski definition) is 2. The quantitative estimate of drug-likeness (QED) is 0.665. The fourth-order valence-corrected chi connectivity index (χ4v) is 2.32. The van der Waals surface area contributed by atoms with Crippen LogP contribution in [0.2, 0.25) is 0 Å². The summed E-state index contributed by atoms with van der Waals surface area (Å²) >= 11 is 0. The number of benzene rings is 2. The van der Waals surface area contributed by atoms with Gasteiger partial charge in [0.15, 0.2) is 17.6 Å². The standard InChI is InChI=1S/C15H15FN2O2/c16-11-5-3-4-10(8-11)15(18-17)14-9-19-12-6-1-2-7-13(12)20-14/h1-8,14-15,18H,9,17H2. The van der Waals surface area contributed by atoms with Gasteiger partial charge in [0.1, 0.15) is 12.4 Å². The summed E-state index contributed by atoms with van der Waals surface area (Å²) < 4.78 is 24.9. The molecule has 1 aliphatic heterocycles. The van der Waals surface area contributed by atoms with Crippen LogP contribution in [0.4, 0.5) is 4.39 Å². The first-order valence-electron chi connectivity index (χ1n) is 6.38. The number of halogens is 1. The van der Waals surface area contributed by atoms with Crippen LogP contribution in [0.25, 0.3) is 0 Å². The largest absolute Gasteiger partial charge is 0.486 e.